The van der Waals surface area contributed by atoms with Crippen LogP contribution in [0, 0.1) is 48.4 Å². The Kier molecular flexibility index (Phi) is 6.21. The number of rotatable bonds is 1. The third-order valence-corrected chi connectivity index (χ3v) is 4.89. The van der Waals surface area contributed by atoms with E-state index in [4.69, 9.17) is 12.8 Å². The molecule has 0 saturated carbocycles. The molecule has 0 heteroatoms. The van der Waals surface area contributed by atoms with Crippen molar-refractivity contribution >= 4 is 0 Å². The molecule has 0 N–H and O–H groups in total. The van der Waals surface area contributed by atoms with E-state index in [-0.39, 0.29) is 0 Å². The van der Waals surface area contributed by atoms with Gasteiger partial charge in [0.25, 0.3) is 0 Å². The van der Waals surface area contributed by atoms with Gasteiger partial charge < -0.3 is 0 Å². The zero-order chi connectivity index (χ0) is 22.2. The van der Waals surface area contributed by atoms with E-state index in [9.17, 15) is 0 Å². The van der Waals surface area contributed by atoms with E-state index >= 15 is 0 Å². The van der Waals surface area contributed by atoms with Crippen LogP contribution in [0.5, 0.6) is 0 Å². The molecule has 4 aromatic carbocycles. The molecular formula is C32H18. The van der Waals surface area contributed by atoms with Crippen molar-refractivity contribution in [2.75, 3.05) is 0 Å². The van der Waals surface area contributed by atoms with Crippen molar-refractivity contribution in [3.8, 4) is 59.5 Å². The van der Waals surface area contributed by atoms with E-state index in [0.717, 1.165) is 44.5 Å². The van der Waals surface area contributed by atoms with Crippen LogP contribution in [0.2, 0.25) is 0 Å². The van der Waals surface area contributed by atoms with E-state index in [1.54, 1.807) is 0 Å². The van der Waals surface area contributed by atoms with Crippen molar-refractivity contribution in [3.05, 3.63) is 130 Å². The average molecular weight is 402 g/mol. The summed E-state index contributed by atoms with van der Waals surface area (Å²) in [6, 6.07) is 31.5. The molecule has 0 unspecified atom stereocenters. The maximum absolute atomic E-state index is 5.65. The van der Waals surface area contributed by atoms with Crippen LogP contribution in [-0.2, 0) is 0 Å². The molecule has 0 nitrogen and oxygen atoms in total. The molecule has 0 radical (unpaired) electrons. The van der Waals surface area contributed by atoms with Crippen molar-refractivity contribution in [2.45, 2.75) is 0 Å². The van der Waals surface area contributed by atoms with Crippen LogP contribution in [0.4, 0.5) is 0 Å². The Bertz CT molecular complexity index is 1350. The Morgan fingerprint density at radius 2 is 0.812 bits per heavy atom. The van der Waals surface area contributed by atoms with Crippen molar-refractivity contribution in [2.24, 2.45) is 0 Å². The van der Waals surface area contributed by atoms with Gasteiger partial charge in [-0.1, -0.05) is 84.1 Å². The Morgan fingerprint density at radius 3 is 1.19 bits per heavy atom. The van der Waals surface area contributed by atoms with Crippen molar-refractivity contribution < 1.29 is 0 Å². The maximum atomic E-state index is 5.65. The van der Waals surface area contributed by atoms with Gasteiger partial charge in [0.15, 0.2) is 0 Å². The highest BCUT2D eigenvalue weighted by atomic mass is 14.1. The number of terminal acetylenes is 2. The molecule has 0 aliphatic rings. The van der Waals surface area contributed by atoms with Crippen LogP contribution >= 0.6 is 0 Å². The van der Waals surface area contributed by atoms with Crippen LogP contribution in [0.25, 0.3) is 11.1 Å². The largest absolute Gasteiger partial charge is 0.115 e. The SMILES string of the molecule is C#Cc1ccc(-c2ccc(C#C)cc2C#Cc2ccccc2)c(C#Cc2ccccc2)c1. The van der Waals surface area contributed by atoms with Gasteiger partial charge in [0.1, 0.15) is 0 Å². The third kappa shape index (κ3) is 4.81. The molecule has 4 aromatic rings. The lowest BCUT2D eigenvalue weighted by Crippen LogP contribution is -1.92. The zero-order valence-corrected chi connectivity index (χ0v) is 17.4. The average Bonchev–Trinajstić information content (AvgIpc) is 2.87. The first kappa shape index (κ1) is 20.4. The van der Waals surface area contributed by atoms with Gasteiger partial charge in [0, 0.05) is 33.4 Å². The van der Waals surface area contributed by atoms with Crippen LogP contribution in [0.15, 0.2) is 97.1 Å². The van der Waals surface area contributed by atoms with Gasteiger partial charge in [0.2, 0.25) is 0 Å². The Morgan fingerprint density at radius 1 is 0.406 bits per heavy atom. The molecule has 146 valence electrons. The molecule has 0 heterocycles. The summed E-state index contributed by atoms with van der Waals surface area (Å²) in [5.41, 5.74) is 7.07. The third-order valence-electron chi connectivity index (χ3n) is 4.89. The van der Waals surface area contributed by atoms with Gasteiger partial charge in [-0.15, -0.1) is 12.8 Å². The molecule has 0 amide bonds. The van der Waals surface area contributed by atoms with Crippen molar-refractivity contribution in [1.82, 2.24) is 0 Å². The molecule has 4 rings (SSSR count). The summed E-state index contributed by atoms with van der Waals surface area (Å²) in [6.45, 7) is 0. The number of hydrogen-bond donors (Lipinski definition) is 0. The molecule has 0 fully saturated rings. The lowest BCUT2D eigenvalue weighted by molar-refractivity contribution is 1.52. The summed E-state index contributed by atoms with van der Waals surface area (Å²) in [5, 5.41) is 0. The predicted molar refractivity (Wildman–Crippen MR) is 133 cm³/mol. The van der Waals surface area contributed by atoms with Crippen LogP contribution in [-0.4, -0.2) is 0 Å². The quantitative estimate of drug-likeness (QED) is 0.337. The summed E-state index contributed by atoms with van der Waals surface area (Å²) in [6.07, 6.45) is 11.3. The fourth-order valence-corrected chi connectivity index (χ4v) is 3.27. The van der Waals surface area contributed by atoms with Gasteiger partial charge in [-0.05, 0) is 59.7 Å². The normalized spacial score (nSPS) is 9.31. The molecule has 0 atom stereocenters. The Labute approximate surface area is 190 Å². The van der Waals surface area contributed by atoms with E-state index in [2.05, 4.69) is 35.5 Å². The van der Waals surface area contributed by atoms with Gasteiger partial charge in [-0.25, -0.2) is 0 Å². The summed E-state index contributed by atoms with van der Waals surface area (Å²) < 4.78 is 0. The highest BCUT2D eigenvalue weighted by Crippen LogP contribution is 2.28. The van der Waals surface area contributed by atoms with E-state index < -0.39 is 0 Å². The van der Waals surface area contributed by atoms with Crippen LogP contribution in [0.1, 0.15) is 33.4 Å². The van der Waals surface area contributed by atoms with E-state index in [1.807, 2.05) is 97.1 Å². The van der Waals surface area contributed by atoms with E-state index in [0.29, 0.717) is 0 Å². The predicted octanol–water partition coefficient (Wildman–Crippen LogP) is 6.12. The highest BCUT2D eigenvalue weighted by Gasteiger charge is 2.09. The lowest BCUT2D eigenvalue weighted by Gasteiger charge is -2.09. The van der Waals surface area contributed by atoms with Gasteiger partial charge in [-0.2, -0.15) is 0 Å². The summed E-state index contributed by atoms with van der Waals surface area (Å²) >= 11 is 0. The lowest BCUT2D eigenvalue weighted by atomic mass is 9.92. The van der Waals surface area contributed by atoms with Crippen LogP contribution < -0.4 is 0 Å². The molecular weight excluding hydrogens is 384 g/mol. The second-order valence-electron chi connectivity index (χ2n) is 7.04. The maximum Gasteiger partial charge on any atom is 0.0340 e. The standard InChI is InChI=1S/C32H18/c1-3-25-17-21-31(29(23-25)19-15-27-11-7-5-8-12-27)32-22-18-26(4-2)24-30(32)20-16-28-13-9-6-10-14-28/h1-2,5-14,17-18,21-24H. The number of hydrogen-bond acceptors (Lipinski definition) is 0. The van der Waals surface area contributed by atoms with Gasteiger partial charge >= 0.3 is 0 Å². The summed E-state index contributed by atoms with van der Waals surface area (Å²) in [4.78, 5) is 0. The monoisotopic (exact) mass is 402 g/mol. The first-order valence-corrected chi connectivity index (χ1v) is 10.1. The van der Waals surface area contributed by atoms with Gasteiger partial charge in [-0.3, -0.25) is 0 Å². The van der Waals surface area contributed by atoms with Crippen LogP contribution in [0.3, 0.4) is 0 Å². The minimum atomic E-state index is 0.781. The van der Waals surface area contributed by atoms with E-state index in [1.165, 1.54) is 0 Å². The second kappa shape index (κ2) is 9.75. The smallest absolute Gasteiger partial charge is 0.0340 e. The Balaban J connectivity index is 1.87. The summed E-state index contributed by atoms with van der Waals surface area (Å²) in [7, 11) is 0. The molecule has 0 saturated heterocycles. The molecule has 32 heavy (non-hydrogen) atoms. The first-order valence-electron chi connectivity index (χ1n) is 10.1. The second-order valence-corrected chi connectivity index (χ2v) is 7.04. The Hall–Kier alpha value is -4.88. The minimum Gasteiger partial charge on any atom is -0.115 e. The molecule has 0 spiro atoms. The zero-order valence-electron chi connectivity index (χ0n) is 17.4. The minimum absolute atomic E-state index is 0.781. The topological polar surface area (TPSA) is 0 Å². The molecule has 0 aliphatic carbocycles. The molecule has 0 aliphatic heterocycles. The number of benzene rings is 4. The molecule has 0 aromatic heterocycles. The van der Waals surface area contributed by atoms with Gasteiger partial charge in [0.05, 0.1) is 0 Å². The summed E-state index contributed by atoms with van der Waals surface area (Å²) in [5.74, 6) is 18.5. The first-order chi connectivity index (χ1) is 15.8. The van der Waals surface area contributed by atoms with Crippen molar-refractivity contribution in [1.29, 1.82) is 0 Å². The fourth-order valence-electron chi connectivity index (χ4n) is 3.27. The van der Waals surface area contributed by atoms with Crippen molar-refractivity contribution in [3.63, 3.8) is 0 Å². The highest BCUT2D eigenvalue weighted by molar-refractivity contribution is 5.78. The fraction of sp³-hybridized carbons (Fsp3) is 0. The molecule has 0 bridgehead atoms.